The van der Waals surface area contributed by atoms with Gasteiger partial charge in [0.05, 0.1) is 38.3 Å². The fraction of sp³-hybridized carbons (Fsp3) is 0.565. The predicted octanol–water partition coefficient (Wildman–Crippen LogP) is 3.37. The van der Waals surface area contributed by atoms with Gasteiger partial charge in [0.2, 0.25) is 5.91 Å². The predicted molar refractivity (Wildman–Crippen MR) is 120 cm³/mol. The first-order valence-corrected chi connectivity index (χ1v) is 11.8. The number of rotatable bonds is 7. The van der Waals surface area contributed by atoms with E-state index in [1.807, 2.05) is 24.0 Å². The molecule has 2 aliphatic heterocycles. The molecule has 168 valence electrons. The Balaban J connectivity index is 1.41. The first kappa shape index (κ1) is 22.0. The second kappa shape index (κ2) is 9.53. The third-order valence-electron chi connectivity index (χ3n) is 6.23. The normalized spacial score (nSPS) is 18.2. The van der Waals surface area contributed by atoms with Crippen LogP contribution in [0.25, 0.3) is 0 Å². The van der Waals surface area contributed by atoms with Gasteiger partial charge in [-0.3, -0.25) is 4.79 Å². The first-order valence-electron chi connectivity index (χ1n) is 10.8. The minimum Gasteiger partial charge on any atom is -0.493 e. The van der Waals surface area contributed by atoms with Gasteiger partial charge in [0.1, 0.15) is 0 Å². The van der Waals surface area contributed by atoms with Crippen molar-refractivity contribution < 1.29 is 19.0 Å². The van der Waals surface area contributed by atoms with Crippen LogP contribution in [-0.2, 0) is 29.0 Å². The summed E-state index contributed by atoms with van der Waals surface area (Å²) in [6.07, 6.45) is 3.26. The number of fused-ring (bicyclic) bond motifs is 1. The third kappa shape index (κ3) is 4.70. The van der Waals surface area contributed by atoms with E-state index in [9.17, 15) is 4.79 Å². The van der Waals surface area contributed by atoms with Gasteiger partial charge in [-0.15, -0.1) is 0 Å². The molecule has 0 spiro atoms. The molecule has 1 aromatic carbocycles. The monoisotopic (exact) mass is 445 g/mol. The fourth-order valence-corrected chi connectivity index (χ4v) is 5.26. The first-order chi connectivity index (χ1) is 15.0. The number of carbonyl (C=O) groups excluding carboxylic acids is 1. The summed E-state index contributed by atoms with van der Waals surface area (Å²) in [6, 6.07) is 4.01. The van der Waals surface area contributed by atoms with Crippen molar-refractivity contribution in [2.45, 2.75) is 57.5 Å². The molecular weight excluding hydrogens is 414 g/mol. The molecule has 0 aliphatic carbocycles. The highest BCUT2D eigenvalue weighted by atomic mass is 32.2. The molecule has 0 bridgehead atoms. The number of nitrogens with zero attached hydrogens (tertiary/aromatic N) is 3. The lowest BCUT2D eigenvalue weighted by Crippen LogP contribution is -2.37. The highest BCUT2D eigenvalue weighted by Crippen LogP contribution is 2.33. The van der Waals surface area contributed by atoms with Crippen molar-refractivity contribution in [3.05, 3.63) is 34.6 Å². The number of methoxy groups -OCH3 is 2. The number of hydrogen-bond acceptors (Lipinski definition) is 6. The number of hydrogen-bond donors (Lipinski definition) is 0. The largest absolute Gasteiger partial charge is 0.493 e. The number of imidazole rings is 1. The van der Waals surface area contributed by atoms with Gasteiger partial charge < -0.3 is 23.7 Å². The van der Waals surface area contributed by atoms with Crippen LogP contribution in [0.4, 0.5) is 0 Å². The third-order valence-corrected chi connectivity index (χ3v) is 7.19. The molecule has 1 fully saturated rings. The van der Waals surface area contributed by atoms with Crippen LogP contribution >= 0.6 is 11.8 Å². The van der Waals surface area contributed by atoms with Gasteiger partial charge in [-0.1, -0.05) is 11.8 Å². The van der Waals surface area contributed by atoms with Crippen LogP contribution in [0.15, 0.2) is 17.3 Å². The van der Waals surface area contributed by atoms with Crippen LogP contribution in [0.2, 0.25) is 0 Å². The van der Waals surface area contributed by atoms with Crippen molar-refractivity contribution in [2.75, 3.05) is 33.1 Å². The van der Waals surface area contributed by atoms with Crippen LogP contribution in [-0.4, -0.2) is 59.6 Å². The number of amides is 1. The van der Waals surface area contributed by atoms with Crippen molar-refractivity contribution in [3.63, 3.8) is 0 Å². The van der Waals surface area contributed by atoms with E-state index < -0.39 is 0 Å². The molecule has 1 saturated heterocycles. The Bertz CT molecular complexity index is 953. The lowest BCUT2D eigenvalue weighted by Gasteiger charge is -2.29. The molecule has 1 aromatic heterocycles. The summed E-state index contributed by atoms with van der Waals surface area (Å²) in [5, 5.41) is 0.905. The van der Waals surface area contributed by atoms with Gasteiger partial charge in [-0.25, -0.2) is 4.98 Å². The molecule has 0 N–H and O–H groups in total. The summed E-state index contributed by atoms with van der Waals surface area (Å²) in [5.74, 6) is 1.95. The molecule has 0 radical (unpaired) electrons. The summed E-state index contributed by atoms with van der Waals surface area (Å²) in [7, 11) is 3.28. The summed E-state index contributed by atoms with van der Waals surface area (Å²) in [4.78, 5) is 19.6. The standard InChI is InChI=1S/C23H31N3O4S/c1-15-16(2)26(13-19-6-5-9-30-19)23(24-15)31-14-22(27)25-8-7-17-10-20(28-3)21(29-4)11-18(17)12-25/h10-11,19H,5-9,12-14H2,1-4H3/t19-/m1/s1. The van der Waals surface area contributed by atoms with Gasteiger partial charge >= 0.3 is 0 Å². The maximum atomic E-state index is 13.0. The van der Waals surface area contributed by atoms with E-state index in [2.05, 4.69) is 11.5 Å². The maximum Gasteiger partial charge on any atom is 0.233 e. The fourth-order valence-electron chi connectivity index (χ4n) is 4.25. The molecule has 8 heteroatoms. The highest BCUT2D eigenvalue weighted by Gasteiger charge is 2.25. The maximum absolute atomic E-state index is 13.0. The SMILES string of the molecule is COc1cc2c(cc1OC)CN(C(=O)CSc1nc(C)c(C)n1C[C@H]1CCCO1)CC2. The molecule has 31 heavy (non-hydrogen) atoms. The van der Waals surface area contributed by atoms with Crippen molar-refractivity contribution in [1.29, 1.82) is 0 Å². The topological polar surface area (TPSA) is 65.8 Å². The van der Waals surface area contributed by atoms with Crippen LogP contribution in [0.3, 0.4) is 0 Å². The minimum atomic E-state index is 0.132. The molecule has 0 saturated carbocycles. The second-order valence-electron chi connectivity index (χ2n) is 8.14. The zero-order valence-corrected chi connectivity index (χ0v) is 19.6. The smallest absolute Gasteiger partial charge is 0.233 e. The van der Waals surface area contributed by atoms with Crippen molar-refractivity contribution in [2.24, 2.45) is 0 Å². The Kier molecular flexibility index (Phi) is 6.77. The van der Waals surface area contributed by atoms with E-state index in [0.29, 0.717) is 24.6 Å². The number of aryl methyl sites for hydroxylation is 1. The molecule has 0 unspecified atom stereocenters. The molecule has 1 amide bonds. The molecule has 3 heterocycles. The van der Waals surface area contributed by atoms with E-state index >= 15 is 0 Å². The van der Waals surface area contributed by atoms with E-state index in [-0.39, 0.29) is 12.0 Å². The van der Waals surface area contributed by atoms with E-state index in [0.717, 1.165) is 60.3 Å². The van der Waals surface area contributed by atoms with Crippen molar-refractivity contribution >= 4 is 17.7 Å². The lowest BCUT2D eigenvalue weighted by atomic mass is 9.99. The van der Waals surface area contributed by atoms with Crippen molar-refractivity contribution in [1.82, 2.24) is 14.5 Å². The Morgan fingerprint density at radius 3 is 2.65 bits per heavy atom. The Morgan fingerprint density at radius 1 is 1.23 bits per heavy atom. The number of benzene rings is 1. The van der Waals surface area contributed by atoms with E-state index in [1.54, 1.807) is 14.2 Å². The van der Waals surface area contributed by atoms with Gasteiger partial charge in [-0.2, -0.15) is 0 Å². The Labute approximate surface area is 188 Å². The molecular formula is C23H31N3O4S. The number of thioether (sulfide) groups is 1. The van der Waals surface area contributed by atoms with Crippen LogP contribution < -0.4 is 9.47 Å². The van der Waals surface area contributed by atoms with E-state index in [1.165, 1.54) is 17.3 Å². The summed E-state index contributed by atoms with van der Waals surface area (Å²) >= 11 is 1.52. The number of aromatic nitrogens is 2. The zero-order chi connectivity index (χ0) is 22.0. The Hall–Kier alpha value is -2.19. The molecule has 2 aliphatic rings. The molecule has 7 nitrogen and oxygen atoms in total. The summed E-state index contributed by atoms with van der Waals surface area (Å²) in [5.41, 5.74) is 4.50. The average molecular weight is 446 g/mol. The number of carbonyl (C=O) groups is 1. The average Bonchev–Trinajstić information content (AvgIpc) is 3.40. The second-order valence-corrected chi connectivity index (χ2v) is 9.08. The minimum absolute atomic E-state index is 0.132. The zero-order valence-electron chi connectivity index (χ0n) is 18.8. The lowest BCUT2D eigenvalue weighted by molar-refractivity contribution is -0.129. The van der Waals surface area contributed by atoms with Gasteiger partial charge in [0, 0.05) is 25.4 Å². The van der Waals surface area contributed by atoms with Gasteiger partial charge in [0.15, 0.2) is 16.7 Å². The Morgan fingerprint density at radius 2 is 1.97 bits per heavy atom. The molecule has 4 rings (SSSR count). The highest BCUT2D eigenvalue weighted by molar-refractivity contribution is 7.99. The van der Waals surface area contributed by atoms with Gasteiger partial charge in [0.25, 0.3) is 0 Å². The van der Waals surface area contributed by atoms with Crippen molar-refractivity contribution in [3.8, 4) is 11.5 Å². The quantitative estimate of drug-likeness (QED) is 0.609. The number of ether oxygens (including phenoxy) is 3. The summed E-state index contributed by atoms with van der Waals surface area (Å²) in [6.45, 7) is 7.07. The van der Waals surface area contributed by atoms with Crippen LogP contribution in [0.5, 0.6) is 11.5 Å². The van der Waals surface area contributed by atoms with E-state index in [4.69, 9.17) is 19.2 Å². The van der Waals surface area contributed by atoms with Crippen LogP contribution in [0.1, 0.15) is 35.4 Å². The molecule has 1 atom stereocenters. The summed E-state index contributed by atoms with van der Waals surface area (Å²) < 4.78 is 18.9. The van der Waals surface area contributed by atoms with Gasteiger partial charge in [-0.05, 0) is 56.4 Å². The van der Waals surface area contributed by atoms with Crippen LogP contribution in [0, 0.1) is 13.8 Å². The molecule has 2 aromatic rings.